The van der Waals surface area contributed by atoms with Gasteiger partial charge in [0.15, 0.2) is 0 Å². The molecule has 0 spiro atoms. The van der Waals surface area contributed by atoms with Crippen molar-refractivity contribution < 1.29 is 13.2 Å². The number of rotatable bonds is 5. The van der Waals surface area contributed by atoms with Crippen molar-refractivity contribution in [3.63, 3.8) is 0 Å². The summed E-state index contributed by atoms with van der Waals surface area (Å²) in [7, 11) is -3.58. The molecule has 0 aliphatic heterocycles. The molecule has 0 heterocycles. The summed E-state index contributed by atoms with van der Waals surface area (Å²) in [6.07, 6.45) is 2.98. The van der Waals surface area contributed by atoms with Gasteiger partial charge in [-0.3, -0.25) is 9.10 Å². The Hall–Kier alpha value is -1.27. The van der Waals surface area contributed by atoms with Crippen molar-refractivity contribution >= 4 is 33.2 Å². The predicted molar refractivity (Wildman–Crippen MR) is 79.4 cm³/mol. The lowest BCUT2D eigenvalue weighted by molar-refractivity contribution is -0.121. The number of hydrogen-bond donors (Lipinski definition) is 1. The first-order chi connectivity index (χ1) is 9.29. The lowest BCUT2D eigenvalue weighted by Crippen LogP contribution is -2.48. The molecule has 5 nitrogen and oxygen atoms in total. The van der Waals surface area contributed by atoms with Crippen LogP contribution in [0.15, 0.2) is 24.3 Å². The number of sulfonamides is 1. The van der Waals surface area contributed by atoms with Gasteiger partial charge in [-0.1, -0.05) is 17.7 Å². The number of halogens is 1. The Bertz CT molecular complexity index is 614. The minimum Gasteiger partial charge on any atom is -0.352 e. The van der Waals surface area contributed by atoms with Crippen molar-refractivity contribution in [2.24, 2.45) is 0 Å². The van der Waals surface area contributed by atoms with E-state index in [-0.39, 0.29) is 11.9 Å². The summed E-state index contributed by atoms with van der Waals surface area (Å²) in [5.41, 5.74) is 0.387. The summed E-state index contributed by atoms with van der Waals surface area (Å²) in [5, 5.41) is 3.23. The Morgan fingerprint density at radius 1 is 1.45 bits per heavy atom. The molecular formula is C13H17ClN2O3S. The third-order valence-corrected chi connectivity index (χ3v) is 4.55. The van der Waals surface area contributed by atoms with Crippen LogP contribution < -0.4 is 9.62 Å². The smallest absolute Gasteiger partial charge is 0.243 e. The van der Waals surface area contributed by atoms with Crippen LogP contribution in [0.2, 0.25) is 5.02 Å². The van der Waals surface area contributed by atoms with E-state index in [4.69, 9.17) is 11.6 Å². The van der Waals surface area contributed by atoms with Gasteiger partial charge in [0.1, 0.15) is 6.04 Å². The van der Waals surface area contributed by atoms with Crippen molar-refractivity contribution in [2.75, 3.05) is 10.6 Å². The van der Waals surface area contributed by atoms with Gasteiger partial charge in [-0.2, -0.15) is 0 Å². The van der Waals surface area contributed by atoms with Crippen LogP contribution in [0.25, 0.3) is 0 Å². The zero-order valence-electron chi connectivity index (χ0n) is 11.3. The first-order valence-corrected chi connectivity index (χ1v) is 8.57. The fraction of sp³-hybridized carbons (Fsp3) is 0.462. The Morgan fingerprint density at radius 3 is 2.60 bits per heavy atom. The molecule has 1 aliphatic rings. The highest BCUT2D eigenvalue weighted by Crippen LogP contribution is 2.25. The quantitative estimate of drug-likeness (QED) is 0.900. The van der Waals surface area contributed by atoms with E-state index in [0.717, 1.165) is 23.4 Å². The maximum atomic E-state index is 12.1. The monoisotopic (exact) mass is 316 g/mol. The average Bonchev–Trinajstić information content (AvgIpc) is 3.11. The zero-order chi connectivity index (χ0) is 14.9. The van der Waals surface area contributed by atoms with Crippen LogP contribution in [-0.4, -0.2) is 32.7 Å². The number of benzene rings is 1. The van der Waals surface area contributed by atoms with Crippen LogP contribution in [0, 0.1) is 0 Å². The van der Waals surface area contributed by atoms with Crippen molar-refractivity contribution in [1.29, 1.82) is 0 Å². The van der Waals surface area contributed by atoms with Gasteiger partial charge >= 0.3 is 0 Å². The predicted octanol–water partition coefficient (Wildman–Crippen LogP) is 1.77. The van der Waals surface area contributed by atoms with Gasteiger partial charge in [0.2, 0.25) is 15.9 Å². The maximum absolute atomic E-state index is 12.1. The van der Waals surface area contributed by atoms with Crippen molar-refractivity contribution in [1.82, 2.24) is 5.32 Å². The van der Waals surface area contributed by atoms with Gasteiger partial charge in [0.25, 0.3) is 0 Å². The molecule has 0 bridgehead atoms. The number of carbonyl (C=O) groups excluding carboxylic acids is 1. The van der Waals surface area contributed by atoms with E-state index in [1.165, 1.54) is 6.07 Å². The van der Waals surface area contributed by atoms with E-state index >= 15 is 0 Å². The second-order valence-corrected chi connectivity index (χ2v) is 7.29. The molecule has 1 aromatic rings. The van der Waals surface area contributed by atoms with E-state index in [9.17, 15) is 13.2 Å². The number of carbonyl (C=O) groups is 1. The third kappa shape index (κ3) is 3.64. The number of anilines is 1. The molecule has 1 aliphatic carbocycles. The van der Waals surface area contributed by atoms with Crippen LogP contribution in [0.5, 0.6) is 0 Å². The maximum Gasteiger partial charge on any atom is 0.243 e. The fourth-order valence-corrected chi connectivity index (χ4v) is 3.32. The molecule has 0 aromatic heterocycles. The number of amides is 1. The largest absolute Gasteiger partial charge is 0.352 e. The highest BCUT2D eigenvalue weighted by atomic mass is 35.5. The first-order valence-electron chi connectivity index (χ1n) is 6.34. The minimum atomic E-state index is -3.58. The summed E-state index contributed by atoms with van der Waals surface area (Å²) in [6, 6.07) is 5.83. The number of nitrogens with one attached hydrogen (secondary N) is 1. The molecule has 1 unspecified atom stereocenters. The van der Waals surface area contributed by atoms with Crippen LogP contribution in [0.3, 0.4) is 0 Å². The summed E-state index contributed by atoms with van der Waals surface area (Å²) < 4.78 is 25.1. The van der Waals surface area contributed by atoms with E-state index in [0.29, 0.717) is 10.7 Å². The van der Waals surface area contributed by atoms with E-state index in [1.54, 1.807) is 25.1 Å². The molecule has 1 N–H and O–H groups in total. The van der Waals surface area contributed by atoms with Crippen LogP contribution in [-0.2, 0) is 14.8 Å². The molecule has 110 valence electrons. The molecule has 20 heavy (non-hydrogen) atoms. The Labute approximate surface area is 124 Å². The lowest BCUT2D eigenvalue weighted by Gasteiger charge is -2.28. The van der Waals surface area contributed by atoms with Gasteiger partial charge in [0.05, 0.1) is 11.9 Å². The Morgan fingerprint density at radius 2 is 2.10 bits per heavy atom. The molecule has 1 fully saturated rings. The average molecular weight is 317 g/mol. The van der Waals surface area contributed by atoms with E-state index < -0.39 is 16.1 Å². The summed E-state index contributed by atoms with van der Waals surface area (Å²) in [6.45, 7) is 1.57. The Balaban J connectivity index is 2.30. The van der Waals surface area contributed by atoms with Crippen molar-refractivity contribution in [3.05, 3.63) is 29.3 Å². The van der Waals surface area contributed by atoms with Gasteiger partial charge in [-0.25, -0.2) is 8.42 Å². The first kappa shape index (κ1) is 15.1. The molecule has 2 rings (SSSR count). The normalized spacial score (nSPS) is 16.6. The van der Waals surface area contributed by atoms with Gasteiger partial charge < -0.3 is 5.32 Å². The van der Waals surface area contributed by atoms with Crippen LogP contribution >= 0.6 is 11.6 Å². The topological polar surface area (TPSA) is 66.5 Å². The molecule has 1 aromatic carbocycles. The lowest BCUT2D eigenvalue weighted by atomic mass is 10.2. The Kier molecular flexibility index (Phi) is 4.25. The van der Waals surface area contributed by atoms with Crippen molar-refractivity contribution in [3.8, 4) is 0 Å². The standard InChI is InChI=1S/C13H17ClN2O3S/c1-9(13(17)15-11-6-7-11)16(20(2,18)19)12-5-3-4-10(14)8-12/h3-5,8-9,11H,6-7H2,1-2H3,(H,15,17). The molecule has 0 saturated heterocycles. The second-order valence-electron chi connectivity index (χ2n) is 5.00. The summed E-state index contributed by atoms with van der Waals surface area (Å²) >= 11 is 5.90. The molecule has 1 atom stereocenters. The number of nitrogens with zero attached hydrogens (tertiary/aromatic N) is 1. The highest BCUT2D eigenvalue weighted by molar-refractivity contribution is 7.92. The summed E-state index contributed by atoms with van der Waals surface area (Å²) in [4.78, 5) is 12.1. The zero-order valence-corrected chi connectivity index (χ0v) is 12.9. The molecule has 1 saturated carbocycles. The van der Waals surface area contributed by atoms with E-state index in [1.807, 2.05) is 0 Å². The molecule has 7 heteroatoms. The second kappa shape index (κ2) is 5.61. The highest BCUT2D eigenvalue weighted by Gasteiger charge is 2.32. The molecule has 1 amide bonds. The van der Waals surface area contributed by atoms with Crippen LogP contribution in [0.1, 0.15) is 19.8 Å². The molecule has 0 radical (unpaired) electrons. The number of hydrogen-bond acceptors (Lipinski definition) is 3. The van der Waals surface area contributed by atoms with Gasteiger partial charge in [0, 0.05) is 11.1 Å². The van der Waals surface area contributed by atoms with Gasteiger partial charge in [-0.15, -0.1) is 0 Å². The fourth-order valence-electron chi connectivity index (χ4n) is 1.97. The van der Waals surface area contributed by atoms with Crippen LogP contribution in [0.4, 0.5) is 5.69 Å². The SMILES string of the molecule is CC(C(=O)NC1CC1)N(c1cccc(Cl)c1)S(C)(=O)=O. The van der Waals surface area contributed by atoms with Gasteiger partial charge in [-0.05, 0) is 38.0 Å². The van der Waals surface area contributed by atoms with E-state index in [2.05, 4.69) is 5.32 Å². The summed E-state index contributed by atoms with van der Waals surface area (Å²) in [5.74, 6) is -0.294. The third-order valence-electron chi connectivity index (χ3n) is 3.07. The minimum absolute atomic E-state index is 0.186. The van der Waals surface area contributed by atoms with Crippen molar-refractivity contribution in [2.45, 2.75) is 31.8 Å². The molecular weight excluding hydrogens is 300 g/mol.